The van der Waals surface area contributed by atoms with Crippen LogP contribution in [0.4, 0.5) is 4.39 Å². The Morgan fingerprint density at radius 3 is 2.66 bits per heavy atom. The van der Waals surface area contributed by atoms with Crippen molar-refractivity contribution in [3.63, 3.8) is 0 Å². The number of pyridine rings is 2. The lowest BCUT2D eigenvalue weighted by molar-refractivity contribution is 0.372. The Balaban J connectivity index is 1.26. The molecule has 0 spiro atoms. The summed E-state index contributed by atoms with van der Waals surface area (Å²) in [5.74, 6) is 0.447. The molecule has 188 valence electrons. The van der Waals surface area contributed by atoms with E-state index in [0.717, 1.165) is 75.2 Å². The highest BCUT2D eigenvalue weighted by molar-refractivity contribution is 6.00. The molecule has 38 heavy (non-hydrogen) atoms. The fraction of sp³-hybridized carbons (Fsp3) is 0.194. The molecule has 6 nitrogen and oxygen atoms in total. The summed E-state index contributed by atoms with van der Waals surface area (Å²) >= 11 is 0. The lowest BCUT2D eigenvalue weighted by Crippen LogP contribution is -2.28. The molecule has 0 unspecified atom stereocenters. The van der Waals surface area contributed by atoms with Crippen LogP contribution in [0.25, 0.3) is 55.7 Å². The van der Waals surface area contributed by atoms with Gasteiger partial charge in [-0.2, -0.15) is 5.10 Å². The van der Waals surface area contributed by atoms with Crippen molar-refractivity contribution in [2.75, 3.05) is 13.1 Å². The number of rotatable bonds is 5. The zero-order valence-corrected chi connectivity index (χ0v) is 20.8. The van der Waals surface area contributed by atoms with Crippen molar-refractivity contribution < 1.29 is 4.39 Å². The molecular formula is C31H27FN6. The molecule has 1 saturated heterocycles. The van der Waals surface area contributed by atoms with Crippen molar-refractivity contribution in [3.05, 3.63) is 90.5 Å². The second kappa shape index (κ2) is 9.50. The van der Waals surface area contributed by atoms with Gasteiger partial charge in [-0.1, -0.05) is 24.3 Å². The summed E-state index contributed by atoms with van der Waals surface area (Å²) in [5, 5.41) is 12.2. The monoisotopic (exact) mass is 502 g/mol. The van der Waals surface area contributed by atoms with Crippen LogP contribution >= 0.6 is 0 Å². The van der Waals surface area contributed by atoms with Gasteiger partial charge in [0.1, 0.15) is 17.0 Å². The molecule has 0 atom stereocenters. The molecule has 0 saturated carbocycles. The molecule has 6 aromatic rings. The quantitative estimate of drug-likeness (QED) is 0.251. The van der Waals surface area contributed by atoms with Crippen LogP contribution in [-0.4, -0.2) is 38.2 Å². The number of benzene rings is 2. The number of aromatic amines is 2. The first-order valence-corrected chi connectivity index (χ1v) is 13.1. The van der Waals surface area contributed by atoms with Gasteiger partial charge in [-0.05, 0) is 97.4 Å². The first kappa shape index (κ1) is 22.8. The summed E-state index contributed by atoms with van der Waals surface area (Å²) in [5.41, 5.74) is 9.18. The van der Waals surface area contributed by atoms with Gasteiger partial charge in [0.2, 0.25) is 0 Å². The minimum absolute atomic E-state index is 0.250. The van der Waals surface area contributed by atoms with Crippen LogP contribution in [0.1, 0.15) is 18.4 Å². The Morgan fingerprint density at radius 2 is 1.76 bits per heavy atom. The summed E-state index contributed by atoms with van der Waals surface area (Å²) in [6, 6.07) is 21.0. The summed E-state index contributed by atoms with van der Waals surface area (Å²) in [4.78, 5) is 13.1. The van der Waals surface area contributed by atoms with Crippen molar-refractivity contribution in [1.82, 2.24) is 30.5 Å². The van der Waals surface area contributed by atoms with E-state index in [4.69, 9.17) is 4.98 Å². The van der Waals surface area contributed by atoms with Gasteiger partial charge in [-0.3, -0.25) is 10.1 Å². The maximum Gasteiger partial charge on any atom is 0.135 e. The average Bonchev–Trinajstić information content (AvgIpc) is 3.57. The number of hydrogen-bond donors (Lipinski definition) is 3. The van der Waals surface area contributed by atoms with E-state index >= 15 is 0 Å². The zero-order valence-electron chi connectivity index (χ0n) is 20.8. The van der Waals surface area contributed by atoms with E-state index in [-0.39, 0.29) is 5.82 Å². The second-order valence-electron chi connectivity index (χ2n) is 10.1. The van der Waals surface area contributed by atoms with Crippen LogP contribution in [0, 0.1) is 11.7 Å². The maximum absolute atomic E-state index is 13.9. The number of fused-ring (bicyclic) bond motifs is 2. The van der Waals surface area contributed by atoms with Gasteiger partial charge in [-0.15, -0.1) is 0 Å². The first-order valence-electron chi connectivity index (χ1n) is 13.1. The van der Waals surface area contributed by atoms with Crippen molar-refractivity contribution >= 4 is 21.9 Å². The Morgan fingerprint density at radius 1 is 0.868 bits per heavy atom. The Hall–Kier alpha value is -4.36. The molecule has 7 rings (SSSR count). The van der Waals surface area contributed by atoms with E-state index in [1.54, 1.807) is 12.1 Å². The van der Waals surface area contributed by atoms with Crippen LogP contribution in [0.3, 0.4) is 0 Å². The number of nitrogens with one attached hydrogen (secondary N) is 3. The van der Waals surface area contributed by atoms with Gasteiger partial charge >= 0.3 is 0 Å². The van der Waals surface area contributed by atoms with Crippen molar-refractivity contribution in [2.45, 2.75) is 19.3 Å². The number of nitrogens with zero attached hydrogens (tertiary/aromatic N) is 3. The van der Waals surface area contributed by atoms with Crippen LogP contribution in [0.5, 0.6) is 0 Å². The van der Waals surface area contributed by atoms with Gasteiger partial charge in [-0.25, -0.2) is 9.37 Å². The smallest absolute Gasteiger partial charge is 0.135 e. The Labute approximate surface area is 219 Å². The topological polar surface area (TPSA) is 82.3 Å². The van der Waals surface area contributed by atoms with E-state index in [0.29, 0.717) is 5.92 Å². The third-order valence-corrected chi connectivity index (χ3v) is 7.54. The molecule has 3 N–H and O–H groups in total. The standard InChI is InChI=1S/C31H27FN6/c32-23-4-1-3-21(15-23)24-5-2-6-27-25(24)16-29(35-27)31-30-28(37-38-31)8-7-26(36-30)22-14-20(17-34-18-22)13-19-9-11-33-12-10-19/h1-8,14-19,33,35H,9-13H2,(H,37,38). The lowest BCUT2D eigenvalue weighted by Gasteiger charge is -2.22. The van der Waals surface area contributed by atoms with E-state index in [9.17, 15) is 4.39 Å². The lowest BCUT2D eigenvalue weighted by atomic mass is 9.91. The highest BCUT2D eigenvalue weighted by Crippen LogP contribution is 2.34. The van der Waals surface area contributed by atoms with E-state index in [1.807, 2.05) is 48.8 Å². The molecule has 1 aliphatic heterocycles. The normalized spacial score (nSPS) is 14.4. The fourth-order valence-corrected chi connectivity index (χ4v) is 5.60. The molecule has 1 fully saturated rings. The molecule has 7 heteroatoms. The summed E-state index contributed by atoms with van der Waals surface area (Å²) in [6.07, 6.45) is 7.32. The Bertz CT molecular complexity index is 1760. The minimum atomic E-state index is -0.250. The van der Waals surface area contributed by atoms with Crippen molar-refractivity contribution in [3.8, 4) is 33.8 Å². The molecule has 0 aliphatic carbocycles. The van der Waals surface area contributed by atoms with Gasteiger partial charge in [0, 0.05) is 28.9 Å². The average molecular weight is 503 g/mol. The molecule has 0 radical (unpaired) electrons. The second-order valence-corrected chi connectivity index (χ2v) is 10.1. The highest BCUT2D eigenvalue weighted by atomic mass is 19.1. The molecule has 5 heterocycles. The molecule has 0 bridgehead atoms. The van der Waals surface area contributed by atoms with Crippen molar-refractivity contribution in [1.29, 1.82) is 0 Å². The van der Waals surface area contributed by atoms with Gasteiger partial charge in [0.05, 0.1) is 16.9 Å². The third-order valence-electron chi connectivity index (χ3n) is 7.54. The Kier molecular flexibility index (Phi) is 5.70. The molecule has 1 aliphatic rings. The number of H-pyrrole nitrogens is 2. The predicted octanol–water partition coefficient (Wildman–Crippen LogP) is 6.52. The highest BCUT2D eigenvalue weighted by Gasteiger charge is 2.17. The maximum atomic E-state index is 13.9. The summed E-state index contributed by atoms with van der Waals surface area (Å²) in [6.45, 7) is 2.19. The number of hydrogen-bond acceptors (Lipinski definition) is 4. The molecule has 2 aromatic carbocycles. The molecular weight excluding hydrogens is 475 g/mol. The zero-order chi connectivity index (χ0) is 25.5. The number of aromatic nitrogens is 5. The van der Waals surface area contributed by atoms with Crippen molar-refractivity contribution in [2.24, 2.45) is 5.92 Å². The van der Waals surface area contributed by atoms with Crippen LogP contribution in [-0.2, 0) is 6.42 Å². The predicted molar refractivity (Wildman–Crippen MR) is 149 cm³/mol. The first-order chi connectivity index (χ1) is 18.7. The fourth-order valence-electron chi connectivity index (χ4n) is 5.60. The third kappa shape index (κ3) is 4.25. The van der Waals surface area contributed by atoms with Gasteiger partial charge in [0.15, 0.2) is 0 Å². The minimum Gasteiger partial charge on any atom is -0.353 e. The van der Waals surface area contributed by atoms with Gasteiger partial charge in [0.25, 0.3) is 0 Å². The van der Waals surface area contributed by atoms with E-state index in [2.05, 4.69) is 37.6 Å². The molecule has 0 amide bonds. The SMILES string of the molecule is Fc1cccc(-c2cccc3[nH]c(-c4n[nH]c5ccc(-c6cncc(CC7CCNCC7)c6)nc45)cc23)c1. The largest absolute Gasteiger partial charge is 0.353 e. The van der Waals surface area contributed by atoms with Crippen LogP contribution in [0.15, 0.2) is 79.1 Å². The van der Waals surface area contributed by atoms with Crippen LogP contribution < -0.4 is 5.32 Å². The number of piperidine rings is 1. The van der Waals surface area contributed by atoms with E-state index < -0.39 is 0 Å². The van der Waals surface area contributed by atoms with Gasteiger partial charge < -0.3 is 10.3 Å². The number of halogens is 1. The molecule has 4 aromatic heterocycles. The summed E-state index contributed by atoms with van der Waals surface area (Å²) in [7, 11) is 0. The van der Waals surface area contributed by atoms with Crippen LogP contribution in [0.2, 0.25) is 0 Å². The summed E-state index contributed by atoms with van der Waals surface area (Å²) < 4.78 is 13.9. The van der Waals surface area contributed by atoms with E-state index in [1.165, 1.54) is 24.5 Å².